The van der Waals surface area contributed by atoms with Gasteiger partial charge in [0.2, 0.25) is 0 Å². The lowest BCUT2D eigenvalue weighted by molar-refractivity contribution is 0.0335. The molecule has 0 saturated carbocycles. The van der Waals surface area contributed by atoms with Crippen LogP contribution in [0.4, 0.5) is 0 Å². The van der Waals surface area contributed by atoms with Crippen molar-refractivity contribution < 1.29 is 10.2 Å². The van der Waals surface area contributed by atoms with E-state index in [1.54, 1.807) is 0 Å². The molecule has 0 aliphatic rings. The fraction of sp³-hybridized carbons (Fsp3) is 0.333. The van der Waals surface area contributed by atoms with Gasteiger partial charge in [-0.15, -0.1) is 11.6 Å². The molecule has 2 N–H and O–H groups in total. The Bertz CT molecular complexity index is 495. The number of aryl methyl sites for hydroxylation is 1. The number of para-hydroxylation sites is 1. The molecular formula is C12H14ClNO2. The third-order valence-corrected chi connectivity index (χ3v) is 3.09. The highest BCUT2D eigenvalue weighted by Crippen LogP contribution is 2.27. The Morgan fingerprint density at radius 1 is 1.31 bits per heavy atom. The highest BCUT2D eigenvalue weighted by molar-refractivity contribution is 6.18. The summed E-state index contributed by atoms with van der Waals surface area (Å²) in [4.78, 5) is 0. The Labute approximate surface area is 98.9 Å². The summed E-state index contributed by atoms with van der Waals surface area (Å²) in [6.45, 7) is 0. The summed E-state index contributed by atoms with van der Waals surface area (Å²) in [6, 6.07) is 7.75. The van der Waals surface area contributed by atoms with Gasteiger partial charge in [0.25, 0.3) is 0 Å². The summed E-state index contributed by atoms with van der Waals surface area (Å²) in [5, 5.41) is 20.5. The van der Waals surface area contributed by atoms with Crippen LogP contribution in [0.25, 0.3) is 10.9 Å². The van der Waals surface area contributed by atoms with E-state index in [1.165, 1.54) is 0 Å². The molecule has 1 aromatic carbocycles. The number of rotatable bonds is 3. The molecule has 0 aliphatic heterocycles. The van der Waals surface area contributed by atoms with Gasteiger partial charge in [-0.25, -0.2) is 0 Å². The molecule has 2 rings (SSSR count). The maximum atomic E-state index is 9.95. The molecule has 1 heterocycles. The van der Waals surface area contributed by atoms with Crippen molar-refractivity contribution in [3.63, 3.8) is 0 Å². The number of aromatic nitrogens is 1. The van der Waals surface area contributed by atoms with E-state index >= 15 is 0 Å². The standard InChI is InChI=1S/C12H14ClNO2/c1-14-7-9(12(16)11(15)6-13)8-4-2-3-5-10(8)14/h2-5,7,11-12,15-16H,6H2,1H3. The molecule has 1 aromatic heterocycles. The van der Waals surface area contributed by atoms with Crippen LogP contribution in [0, 0.1) is 0 Å². The second kappa shape index (κ2) is 4.45. The summed E-state index contributed by atoms with van der Waals surface area (Å²) in [5.41, 5.74) is 1.74. The quantitative estimate of drug-likeness (QED) is 0.803. The fourth-order valence-electron chi connectivity index (χ4n) is 1.90. The lowest BCUT2D eigenvalue weighted by Crippen LogP contribution is -2.19. The lowest BCUT2D eigenvalue weighted by atomic mass is 10.0. The average Bonchev–Trinajstić information content (AvgIpc) is 2.65. The number of aliphatic hydroxyl groups excluding tert-OH is 2. The molecule has 0 spiro atoms. The van der Waals surface area contributed by atoms with Crippen LogP contribution in [0.5, 0.6) is 0 Å². The van der Waals surface area contributed by atoms with Gasteiger partial charge in [-0.3, -0.25) is 0 Å². The molecule has 2 unspecified atom stereocenters. The van der Waals surface area contributed by atoms with E-state index in [9.17, 15) is 10.2 Å². The molecule has 2 atom stereocenters. The Morgan fingerprint density at radius 3 is 2.69 bits per heavy atom. The van der Waals surface area contributed by atoms with Crippen molar-refractivity contribution in [2.45, 2.75) is 12.2 Å². The molecule has 0 saturated heterocycles. The van der Waals surface area contributed by atoms with Crippen molar-refractivity contribution in [3.8, 4) is 0 Å². The number of hydrogen-bond acceptors (Lipinski definition) is 2. The van der Waals surface area contributed by atoms with Crippen LogP contribution in [0.2, 0.25) is 0 Å². The molecule has 4 heteroatoms. The zero-order valence-corrected chi connectivity index (χ0v) is 9.72. The first-order valence-corrected chi connectivity index (χ1v) is 5.64. The average molecular weight is 240 g/mol. The molecule has 0 aliphatic carbocycles. The minimum Gasteiger partial charge on any atom is -0.389 e. The van der Waals surface area contributed by atoms with Crippen molar-refractivity contribution in [1.29, 1.82) is 0 Å². The van der Waals surface area contributed by atoms with Crippen LogP contribution in [-0.2, 0) is 7.05 Å². The number of alkyl halides is 1. The van der Waals surface area contributed by atoms with Crippen LogP contribution >= 0.6 is 11.6 Å². The Morgan fingerprint density at radius 2 is 2.00 bits per heavy atom. The molecule has 0 amide bonds. The number of nitrogens with zero attached hydrogens (tertiary/aromatic N) is 1. The number of fused-ring (bicyclic) bond motifs is 1. The van der Waals surface area contributed by atoms with E-state index in [1.807, 2.05) is 42.1 Å². The normalized spacial score (nSPS) is 15.2. The van der Waals surface area contributed by atoms with E-state index < -0.39 is 12.2 Å². The monoisotopic (exact) mass is 239 g/mol. The fourth-order valence-corrected chi connectivity index (χ4v) is 2.07. The van der Waals surface area contributed by atoms with E-state index in [0.29, 0.717) is 5.56 Å². The van der Waals surface area contributed by atoms with E-state index in [-0.39, 0.29) is 5.88 Å². The van der Waals surface area contributed by atoms with Crippen molar-refractivity contribution in [1.82, 2.24) is 4.57 Å². The van der Waals surface area contributed by atoms with Gasteiger partial charge in [-0.2, -0.15) is 0 Å². The number of halogens is 1. The molecule has 86 valence electrons. The minimum absolute atomic E-state index is 0.0182. The third-order valence-electron chi connectivity index (χ3n) is 2.77. The Kier molecular flexibility index (Phi) is 3.19. The Hall–Kier alpha value is -1.03. The van der Waals surface area contributed by atoms with Gasteiger partial charge >= 0.3 is 0 Å². The summed E-state index contributed by atoms with van der Waals surface area (Å²) in [5.74, 6) is 0.0182. The molecule has 2 aromatic rings. The smallest absolute Gasteiger partial charge is 0.108 e. The van der Waals surface area contributed by atoms with E-state index in [4.69, 9.17) is 11.6 Å². The number of aliphatic hydroxyl groups is 2. The van der Waals surface area contributed by atoms with Gasteiger partial charge in [0.05, 0.1) is 12.0 Å². The predicted molar refractivity (Wildman–Crippen MR) is 64.6 cm³/mol. The van der Waals surface area contributed by atoms with E-state index in [0.717, 1.165) is 10.9 Å². The summed E-state index contributed by atoms with van der Waals surface area (Å²) in [6.07, 6.45) is -0.0541. The van der Waals surface area contributed by atoms with Gasteiger partial charge in [0, 0.05) is 29.7 Å². The minimum atomic E-state index is -0.941. The van der Waals surface area contributed by atoms with Crippen LogP contribution < -0.4 is 0 Å². The molecular weight excluding hydrogens is 226 g/mol. The van der Waals surface area contributed by atoms with Gasteiger partial charge in [0.15, 0.2) is 0 Å². The van der Waals surface area contributed by atoms with Crippen LogP contribution in [-0.4, -0.2) is 26.8 Å². The zero-order valence-electron chi connectivity index (χ0n) is 8.97. The first-order valence-electron chi connectivity index (χ1n) is 5.11. The first kappa shape index (κ1) is 11.5. The van der Waals surface area contributed by atoms with Crippen molar-refractivity contribution >= 4 is 22.5 Å². The summed E-state index contributed by atoms with van der Waals surface area (Å²) in [7, 11) is 1.91. The number of hydrogen-bond donors (Lipinski definition) is 2. The topological polar surface area (TPSA) is 45.4 Å². The predicted octanol–water partition coefficient (Wildman–Crippen LogP) is 1.81. The van der Waals surface area contributed by atoms with Crippen LogP contribution in [0.15, 0.2) is 30.5 Å². The lowest BCUT2D eigenvalue weighted by Gasteiger charge is -2.14. The third kappa shape index (κ3) is 1.82. The van der Waals surface area contributed by atoms with Gasteiger partial charge < -0.3 is 14.8 Å². The molecule has 3 nitrogen and oxygen atoms in total. The van der Waals surface area contributed by atoms with Crippen LogP contribution in [0.1, 0.15) is 11.7 Å². The van der Waals surface area contributed by atoms with Crippen LogP contribution in [0.3, 0.4) is 0 Å². The first-order chi connectivity index (χ1) is 7.65. The SMILES string of the molecule is Cn1cc(C(O)C(O)CCl)c2ccccc21. The molecule has 0 fully saturated rings. The van der Waals surface area contributed by atoms with E-state index in [2.05, 4.69) is 0 Å². The zero-order chi connectivity index (χ0) is 11.7. The Balaban J connectivity index is 2.52. The van der Waals surface area contributed by atoms with Crippen molar-refractivity contribution in [2.24, 2.45) is 7.05 Å². The second-order valence-corrected chi connectivity index (χ2v) is 4.19. The van der Waals surface area contributed by atoms with Gasteiger partial charge in [0.1, 0.15) is 6.10 Å². The maximum Gasteiger partial charge on any atom is 0.108 e. The van der Waals surface area contributed by atoms with Crippen molar-refractivity contribution in [2.75, 3.05) is 5.88 Å². The highest BCUT2D eigenvalue weighted by atomic mass is 35.5. The van der Waals surface area contributed by atoms with Gasteiger partial charge in [-0.1, -0.05) is 18.2 Å². The maximum absolute atomic E-state index is 9.95. The number of benzene rings is 1. The highest BCUT2D eigenvalue weighted by Gasteiger charge is 2.21. The molecule has 0 radical (unpaired) electrons. The largest absolute Gasteiger partial charge is 0.389 e. The summed E-state index contributed by atoms with van der Waals surface area (Å²) < 4.78 is 1.93. The molecule has 0 bridgehead atoms. The molecule has 16 heavy (non-hydrogen) atoms. The van der Waals surface area contributed by atoms with Gasteiger partial charge in [-0.05, 0) is 6.07 Å². The second-order valence-electron chi connectivity index (χ2n) is 3.88. The van der Waals surface area contributed by atoms with Crippen molar-refractivity contribution in [3.05, 3.63) is 36.0 Å². The summed E-state index contributed by atoms with van der Waals surface area (Å²) >= 11 is 5.54.